The van der Waals surface area contributed by atoms with Crippen LogP contribution in [0.4, 0.5) is 5.69 Å². The first-order chi connectivity index (χ1) is 9.17. The number of hydrogen-bond acceptors (Lipinski definition) is 5. The van der Waals surface area contributed by atoms with E-state index in [1.165, 1.54) is 0 Å². The molecule has 1 aromatic rings. The molecule has 0 bridgehead atoms. The lowest BCUT2D eigenvalue weighted by atomic mass is 10.2. The van der Waals surface area contributed by atoms with E-state index in [0.717, 1.165) is 0 Å². The van der Waals surface area contributed by atoms with Gasteiger partial charge in [0.15, 0.2) is 0 Å². The van der Waals surface area contributed by atoms with Crippen LogP contribution in [0.3, 0.4) is 0 Å². The summed E-state index contributed by atoms with van der Waals surface area (Å²) in [5.74, 6) is -0.715. The molecule has 0 aliphatic rings. The molecule has 0 aromatic heterocycles. The number of rotatable bonds is 7. The molecule has 3 N–H and O–H groups in total. The van der Waals surface area contributed by atoms with Crippen molar-refractivity contribution in [2.24, 2.45) is 5.73 Å². The van der Waals surface area contributed by atoms with Crippen molar-refractivity contribution < 1.29 is 19.1 Å². The maximum atomic E-state index is 11.5. The second-order valence-electron chi connectivity index (χ2n) is 3.69. The summed E-state index contributed by atoms with van der Waals surface area (Å²) < 4.78 is 9.88. The minimum Gasteiger partial charge on any atom is -0.462 e. The highest BCUT2D eigenvalue weighted by atomic mass is 16.5. The lowest BCUT2D eigenvalue weighted by Crippen LogP contribution is -2.20. The molecule has 6 heteroatoms. The average Bonchev–Trinajstić information content (AvgIpc) is 2.39. The van der Waals surface area contributed by atoms with Crippen molar-refractivity contribution in [2.45, 2.75) is 6.92 Å². The SMILES string of the molecule is CCOC(=O)c1cccc(NC(=O)COCCN)c1. The fourth-order valence-electron chi connectivity index (χ4n) is 1.38. The van der Waals surface area contributed by atoms with Gasteiger partial charge >= 0.3 is 5.97 Å². The number of carbonyl (C=O) groups excluding carboxylic acids is 2. The Balaban J connectivity index is 2.56. The van der Waals surface area contributed by atoms with Gasteiger partial charge in [-0.1, -0.05) is 6.07 Å². The van der Waals surface area contributed by atoms with Crippen LogP contribution in [0.15, 0.2) is 24.3 Å². The molecular formula is C13H18N2O4. The Morgan fingerprint density at radius 2 is 2.16 bits per heavy atom. The number of esters is 1. The molecular weight excluding hydrogens is 248 g/mol. The molecule has 0 fully saturated rings. The molecule has 0 aliphatic heterocycles. The van der Waals surface area contributed by atoms with Crippen molar-refractivity contribution in [2.75, 3.05) is 31.7 Å². The van der Waals surface area contributed by atoms with Crippen LogP contribution in [-0.4, -0.2) is 38.2 Å². The lowest BCUT2D eigenvalue weighted by molar-refractivity contribution is -0.120. The van der Waals surface area contributed by atoms with Gasteiger partial charge in [0.1, 0.15) is 6.61 Å². The van der Waals surface area contributed by atoms with Gasteiger partial charge in [-0.2, -0.15) is 0 Å². The third-order valence-corrected chi connectivity index (χ3v) is 2.15. The van der Waals surface area contributed by atoms with Crippen molar-refractivity contribution in [3.63, 3.8) is 0 Å². The van der Waals surface area contributed by atoms with Gasteiger partial charge in [-0.05, 0) is 25.1 Å². The smallest absolute Gasteiger partial charge is 0.338 e. The summed E-state index contributed by atoms with van der Waals surface area (Å²) in [4.78, 5) is 23.0. The lowest BCUT2D eigenvalue weighted by Gasteiger charge is -2.07. The zero-order valence-corrected chi connectivity index (χ0v) is 10.8. The summed E-state index contributed by atoms with van der Waals surface area (Å²) in [6, 6.07) is 6.53. The minimum absolute atomic E-state index is 0.0686. The summed E-state index contributed by atoms with van der Waals surface area (Å²) in [5, 5.41) is 2.63. The van der Waals surface area contributed by atoms with Crippen LogP contribution in [-0.2, 0) is 14.3 Å². The molecule has 19 heavy (non-hydrogen) atoms. The van der Waals surface area contributed by atoms with E-state index < -0.39 is 5.97 Å². The van der Waals surface area contributed by atoms with Crippen molar-refractivity contribution >= 4 is 17.6 Å². The predicted octanol–water partition coefficient (Wildman–Crippen LogP) is 0.777. The zero-order chi connectivity index (χ0) is 14.1. The molecule has 0 heterocycles. The molecule has 0 saturated carbocycles. The van der Waals surface area contributed by atoms with Gasteiger partial charge in [-0.15, -0.1) is 0 Å². The molecule has 0 saturated heterocycles. The fourth-order valence-corrected chi connectivity index (χ4v) is 1.38. The van der Waals surface area contributed by atoms with Gasteiger partial charge in [0, 0.05) is 12.2 Å². The summed E-state index contributed by atoms with van der Waals surface area (Å²) >= 11 is 0. The maximum absolute atomic E-state index is 11.5. The standard InChI is InChI=1S/C13H18N2O4/c1-2-19-13(17)10-4-3-5-11(8-10)15-12(16)9-18-7-6-14/h3-5,8H,2,6-7,9,14H2,1H3,(H,15,16). The number of carbonyl (C=O) groups is 2. The molecule has 6 nitrogen and oxygen atoms in total. The maximum Gasteiger partial charge on any atom is 0.338 e. The fraction of sp³-hybridized carbons (Fsp3) is 0.385. The minimum atomic E-state index is -0.419. The quantitative estimate of drug-likeness (QED) is 0.562. The van der Waals surface area contributed by atoms with E-state index in [1.807, 2.05) is 0 Å². The van der Waals surface area contributed by atoms with Gasteiger partial charge < -0.3 is 20.5 Å². The second kappa shape index (κ2) is 8.23. The van der Waals surface area contributed by atoms with Crippen molar-refractivity contribution in [1.29, 1.82) is 0 Å². The number of nitrogens with two attached hydrogens (primary N) is 1. The number of amides is 1. The van der Waals surface area contributed by atoms with Gasteiger partial charge in [-0.25, -0.2) is 4.79 Å². The zero-order valence-electron chi connectivity index (χ0n) is 10.8. The van der Waals surface area contributed by atoms with E-state index in [4.69, 9.17) is 15.2 Å². The predicted molar refractivity (Wildman–Crippen MR) is 70.9 cm³/mol. The Hall–Kier alpha value is -1.92. The highest BCUT2D eigenvalue weighted by Crippen LogP contribution is 2.11. The third kappa shape index (κ3) is 5.50. The van der Waals surface area contributed by atoms with Crippen LogP contribution >= 0.6 is 0 Å². The molecule has 0 radical (unpaired) electrons. The van der Waals surface area contributed by atoms with Crippen LogP contribution in [0.1, 0.15) is 17.3 Å². The van der Waals surface area contributed by atoms with E-state index in [0.29, 0.717) is 31.0 Å². The first-order valence-electron chi connectivity index (χ1n) is 6.02. The van der Waals surface area contributed by atoms with Gasteiger partial charge in [0.2, 0.25) is 5.91 Å². The van der Waals surface area contributed by atoms with E-state index in [1.54, 1.807) is 31.2 Å². The Kier molecular flexibility index (Phi) is 6.56. The molecule has 0 spiro atoms. The van der Waals surface area contributed by atoms with Gasteiger partial charge in [-0.3, -0.25) is 4.79 Å². The van der Waals surface area contributed by atoms with E-state index in [9.17, 15) is 9.59 Å². The van der Waals surface area contributed by atoms with Gasteiger partial charge in [0.05, 0.1) is 18.8 Å². The highest BCUT2D eigenvalue weighted by molar-refractivity contribution is 5.95. The molecule has 0 unspecified atom stereocenters. The van der Waals surface area contributed by atoms with Crippen molar-refractivity contribution in [3.05, 3.63) is 29.8 Å². The monoisotopic (exact) mass is 266 g/mol. The molecule has 1 aromatic carbocycles. The number of hydrogen-bond donors (Lipinski definition) is 2. The first-order valence-corrected chi connectivity index (χ1v) is 6.02. The Bertz CT molecular complexity index is 434. The third-order valence-electron chi connectivity index (χ3n) is 2.15. The normalized spacial score (nSPS) is 10.0. The van der Waals surface area contributed by atoms with Crippen LogP contribution in [0, 0.1) is 0 Å². The summed E-state index contributed by atoms with van der Waals surface area (Å²) in [6.07, 6.45) is 0. The molecule has 1 rings (SSSR count). The Morgan fingerprint density at radius 3 is 2.84 bits per heavy atom. The average molecular weight is 266 g/mol. The number of benzene rings is 1. The van der Waals surface area contributed by atoms with E-state index in [2.05, 4.69) is 5.32 Å². The van der Waals surface area contributed by atoms with E-state index >= 15 is 0 Å². The van der Waals surface area contributed by atoms with Crippen molar-refractivity contribution in [3.8, 4) is 0 Å². The highest BCUT2D eigenvalue weighted by Gasteiger charge is 2.08. The summed E-state index contributed by atoms with van der Waals surface area (Å²) in [6.45, 7) is 2.67. The van der Waals surface area contributed by atoms with Crippen LogP contribution in [0.2, 0.25) is 0 Å². The van der Waals surface area contributed by atoms with Gasteiger partial charge in [0.25, 0.3) is 0 Å². The number of ether oxygens (including phenoxy) is 2. The molecule has 104 valence electrons. The number of nitrogens with one attached hydrogen (secondary N) is 1. The Morgan fingerprint density at radius 1 is 1.37 bits per heavy atom. The molecule has 1 amide bonds. The Labute approximate surface area is 111 Å². The topological polar surface area (TPSA) is 90.6 Å². The summed E-state index contributed by atoms with van der Waals surface area (Å²) in [7, 11) is 0. The number of anilines is 1. The molecule has 0 aliphatic carbocycles. The van der Waals surface area contributed by atoms with Crippen LogP contribution < -0.4 is 11.1 Å². The molecule has 0 atom stereocenters. The van der Waals surface area contributed by atoms with Crippen molar-refractivity contribution in [1.82, 2.24) is 0 Å². The van der Waals surface area contributed by atoms with Crippen LogP contribution in [0.5, 0.6) is 0 Å². The first kappa shape index (κ1) is 15.1. The van der Waals surface area contributed by atoms with Crippen LogP contribution in [0.25, 0.3) is 0 Å². The van der Waals surface area contributed by atoms with E-state index in [-0.39, 0.29) is 12.5 Å². The largest absolute Gasteiger partial charge is 0.462 e. The second-order valence-corrected chi connectivity index (χ2v) is 3.69. The summed E-state index contributed by atoms with van der Waals surface area (Å²) in [5.41, 5.74) is 6.15.